The number of rotatable bonds is 0. The number of carbonyl (C=O) groups excluding carboxylic acids is 1. The summed E-state index contributed by atoms with van der Waals surface area (Å²) in [6.07, 6.45) is 5.75. The number of halogens is 1. The Balaban J connectivity index is 2.28. The maximum Gasteiger partial charge on any atom is 0.146 e. The van der Waals surface area contributed by atoms with Gasteiger partial charge in [0.05, 0.1) is 4.83 Å². The third kappa shape index (κ3) is 1.90. The molecule has 0 N–H and O–H groups in total. The fraction of sp³-hybridized carbons (Fsp3) is 0.923. The van der Waals surface area contributed by atoms with Crippen molar-refractivity contribution >= 4 is 21.7 Å². The van der Waals surface area contributed by atoms with Gasteiger partial charge in [0, 0.05) is 6.42 Å². The van der Waals surface area contributed by atoms with Crippen LogP contribution in [-0.2, 0) is 4.79 Å². The van der Waals surface area contributed by atoms with Crippen LogP contribution in [0.1, 0.15) is 52.9 Å². The molecule has 0 unspecified atom stereocenters. The summed E-state index contributed by atoms with van der Waals surface area (Å²) in [5.74, 6) is 1.02. The number of alkyl halides is 1. The second-order valence-corrected chi connectivity index (χ2v) is 7.50. The summed E-state index contributed by atoms with van der Waals surface area (Å²) in [7, 11) is 0. The van der Waals surface area contributed by atoms with Crippen LogP contribution in [0.3, 0.4) is 0 Å². The van der Waals surface area contributed by atoms with Gasteiger partial charge in [-0.1, -0.05) is 43.1 Å². The first-order chi connectivity index (χ1) is 6.85. The highest BCUT2D eigenvalue weighted by Crippen LogP contribution is 2.57. The Bertz CT molecular complexity index is 284. The SMILES string of the molecule is CC1(C)CCC[C@]2(C)C[C@H](Br)C(=O)C[C@H]12. The van der Waals surface area contributed by atoms with Crippen molar-refractivity contribution in [1.82, 2.24) is 0 Å². The van der Waals surface area contributed by atoms with Crippen LogP contribution < -0.4 is 0 Å². The van der Waals surface area contributed by atoms with E-state index in [2.05, 4.69) is 36.7 Å². The molecule has 2 aliphatic rings. The van der Waals surface area contributed by atoms with Gasteiger partial charge in [-0.3, -0.25) is 4.79 Å². The lowest BCUT2D eigenvalue weighted by molar-refractivity contribution is -0.130. The first-order valence-corrected chi connectivity index (χ1v) is 6.93. The van der Waals surface area contributed by atoms with Gasteiger partial charge in [0.1, 0.15) is 5.78 Å². The molecular weight excluding hydrogens is 252 g/mol. The molecule has 2 fully saturated rings. The molecule has 2 aliphatic carbocycles. The summed E-state index contributed by atoms with van der Waals surface area (Å²) < 4.78 is 0. The van der Waals surface area contributed by atoms with Crippen LogP contribution in [0.2, 0.25) is 0 Å². The highest BCUT2D eigenvalue weighted by atomic mass is 79.9. The van der Waals surface area contributed by atoms with E-state index in [1.54, 1.807) is 0 Å². The van der Waals surface area contributed by atoms with Gasteiger partial charge >= 0.3 is 0 Å². The van der Waals surface area contributed by atoms with Gasteiger partial charge in [-0.2, -0.15) is 0 Å². The molecule has 2 rings (SSSR count). The van der Waals surface area contributed by atoms with Gasteiger partial charge in [0.2, 0.25) is 0 Å². The van der Waals surface area contributed by atoms with Crippen LogP contribution in [0.4, 0.5) is 0 Å². The minimum absolute atomic E-state index is 0.118. The van der Waals surface area contributed by atoms with Gasteiger partial charge in [-0.05, 0) is 36.0 Å². The lowest BCUT2D eigenvalue weighted by Crippen LogP contribution is -2.49. The minimum atomic E-state index is 0.118. The van der Waals surface area contributed by atoms with Crippen molar-refractivity contribution in [2.45, 2.75) is 57.7 Å². The molecule has 15 heavy (non-hydrogen) atoms. The molecule has 1 nitrogen and oxygen atoms in total. The highest BCUT2D eigenvalue weighted by Gasteiger charge is 2.51. The first kappa shape index (κ1) is 11.6. The largest absolute Gasteiger partial charge is 0.298 e. The Morgan fingerprint density at radius 1 is 1.27 bits per heavy atom. The number of fused-ring (bicyclic) bond motifs is 1. The standard InChI is InChI=1S/C13H21BrO/c1-12(2)5-4-6-13(3)8-9(14)10(15)7-11(12)13/h9,11H,4-8H2,1-3H3/t9-,11+,13+/m0/s1. The second kappa shape index (κ2) is 3.58. The molecule has 0 spiro atoms. The quantitative estimate of drug-likeness (QED) is 0.611. The zero-order valence-corrected chi connectivity index (χ0v) is 11.6. The van der Waals surface area contributed by atoms with Crippen molar-refractivity contribution in [1.29, 1.82) is 0 Å². The van der Waals surface area contributed by atoms with Crippen molar-refractivity contribution in [3.8, 4) is 0 Å². The Morgan fingerprint density at radius 2 is 1.93 bits per heavy atom. The van der Waals surface area contributed by atoms with E-state index in [1.165, 1.54) is 19.3 Å². The average Bonchev–Trinajstić information content (AvgIpc) is 2.09. The molecule has 0 amide bonds. The molecule has 86 valence electrons. The van der Waals surface area contributed by atoms with E-state index in [0.717, 1.165) is 12.8 Å². The predicted octanol–water partition coefficient (Wildman–Crippen LogP) is 3.95. The maximum atomic E-state index is 11.8. The van der Waals surface area contributed by atoms with Crippen LogP contribution in [0.5, 0.6) is 0 Å². The lowest BCUT2D eigenvalue weighted by atomic mass is 9.51. The second-order valence-electron chi connectivity index (χ2n) is 6.39. The smallest absolute Gasteiger partial charge is 0.146 e. The molecule has 0 aromatic carbocycles. The van der Waals surface area contributed by atoms with Gasteiger partial charge in [-0.15, -0.1) is 0 Å². The van der Waals surface area contributed by atoms with E-state index >= 15 is 0 Å². The number of carbonyl (C=O) groups is 1. The van der Waals surface area contributed by atoms with Crippen molar-refractivity contribution in [3.05, 3.63) is 0 Å². The van der Waals surface area contributed by atoms with Gasteiger partial charge < -0.3 is 0 Å². The Labute approximate surface area is 101 Å². The van der Waals surface area contributed by atoms with E-state index in [9.17, 15) is 4.79 Å². The molecule has 0 aromatic heterocycles. The summed E-state index contributed by atoms with van der Waals surface area (Å²) >= 11 is 3.54. The van der Waals surface area contributed by atoms with E-state index in [0.29, 0.717) is 22.5 Å². The lowest BCUT2D eigenvalue weighted by Gasteiger charge is -2.54. The predicted molar refractivity (Wildman–Crippen MR) is 66.2 cm³/mol. The number of hydrogen-bond donors (Lipinski definition) is 0. The molecule has 0 saturated heterocycles. The van der Waals surface area contributed by atoms with E-state index in [1.807, 2.05) is 0 Å². The Kier molecular flexibility index (Phi) is 2.77. The summed E-state index contributed by atoms with van der Waals surface area (Å²) in [6, 6.07) is 0. The summed E-state index contributed by atoms with van der Waals surface area (Å²) in [5.41, 5.74) is 0.750. The van der Waals surface area contributed by atoms with Crippen molar-refractivity contribution in [3.63, 3.8) is 0 Å². The van der Waals surface area contributed by atoms with Gasteiger partial charge in [0.15, 0.2) is 0 Å². The molecule has 3 atom stereocenters. The van der Waals surface area contributed by atoms with Crippen molar-refractivity contribution < 1.29 is 4.79 Å². The normalized spacial score (nSPS) is 44.9. The third-order valence-electron chi connectivity index (χ3n) is 4.75. The molecule has 0 aromatic rings. The van der Waals surface area contributed by atoms with Crippen LogP contribution in [-0.4, -0.2) is 10.6 Å². The van der Waals surface area contributed by atoms with Crippen LogP contribution in [0, 0.1) is 16.7 Å². The van der Waals surface area contributed by atoms with Crippen LogP contribution in [0.15, 0.2) is 0 Å². The molecule has 0 radical (unpaired) electrons. The van der Waals surface area contributed by atoms with E-state index < -0.39 is 0 Å². The fourth-order valence-electron chi connectivity index (χ4n) is 3.86. The third-order valence-corrected chi connectivity index (χ3v) is 5.59. The Hall–Kier alpha value is 0.150. The Morgan fingerprint density at radius 3 is 2.60 bits per heavy atom. The summed E-state index contributed by atoms with van der Waals surface area (Å²) in [6.45, 7) is 7.08. The monoisotopic (exact) mass is 272 g/mol. The number of ketones is 1. The summed E-state index contributed by atoms with van der Waals surface area (Å²) in [4.78, 5) is 12.0. The summed E-state index contributed by atoms with van der Waals surface area (Å²) in [5, 5.41) is 0. The topological polar surface area (TPSA) is 17.1 Å². The molecule has 0 heterocycles. The number of Topliss-reactive ketones (excluding diaryl/α,β-unsaturated/α-hetero) is 1. The minimum Gasteiger partial charge on any atom is -0.298 e. The van der Waals surface area contributed by atoms with Crippen LogP contribution in [0.25, 0.3) is 0 Å². The highest BCUT2D eigenvalue weighted by molar-refractivity contribution is 9.10. The van der Waals surface area contributed by atoms with Crippen molar-refractivity contribution in [2.75, 3.05) is 0 Å². The van der Waals surface area contributed by atoms with E-state index in [4.69, 9.17) is 0 Å². The molecule has 2 saturated carbocycles. The van der Waals surface area contributed by atoms with E-state index in [-0.39, 0.29) is 4.83 Å². The first-order valence-electron chi connectivity index (χ1n) is 6.02. The molecular formula is C13H21BrO. The van der Waals surface area contributed by atoms with Crippen molar-refractivity contribution in [2.24, 2.45) is 16.7 Å². The molecule has 0 bridgehead atoms. The van der Waals surface area contributed by atoms with Crippen LogP contribution >= 0.6 is 15.9 Å². The molecule has 2 heteroatoms. The molecule has 0 aliphatic heterocycles. The zero-order chi connectivity index (χ0) is 11.3. The average molecular weight is 273 g/mol. The zero-order valence-electron chi connectivity index (χ0n) is 9.98. The van der Waals surface area contributed by atoms with Gasteiger partial charge in [-0.25, -0.2) is 0 Å². The van der Waals surface area contributed by atoms with Gasteiger partial charge in [0.25, 0.3) is 0 Å². The number of hydrogen-bond acceptors (Lipinski definition) is 1. The fourth-order valence-corrected chi connectivity index (χ4v) is 4.79. The maximum absolute atomic E-state index is 11.8.